The number of benzene rings is 1. The zero-order valence-corrected chi connectivity index (χ0v) is 13.0. The van der Waals surface area contributed by atoms with Gasteiger partial charge in [0.2, 0.25) is 0 Å². The minimum Gasteiger partial charge on any atom is -0.467 e. The van der Waals surface area contributed by atoms with Crippen molar-refractivity contribution in [3.63, 3.8) is 0 Å². The van der Waals surface area contributed by atoms with Gasteiger partial charge in [0.25, 0.3) is 0 Å². The van der Waals surface area contributed by atoms with E-state index in [4.69, 9.17) is 20.4 Å². The molecule has 5 nitrogen and oxygen atoms in total. The second-order valence-corrected chi connectivity index (χ2v) is 5.33. The van der Waals surface area contributed by atoms with Gasteiger partial charge in [-0.05, 0) is 36.4 Å². The zero-order valence-electron chi connectivity index (χ0n) is 12.2. The molecular formula is C17H15ClN2O3. The highest BCUT2D eigenvalue weighted by Crippen LogP contribution is 2.21. The lowest BCUT2D eigenvalue weighted by molar-refractivity contribution is 0.195. The van der Waals surface area contributed by atoms with Gasteiger partial charge in [-0.25, -0.2) is 4.79 Å². The van der Waals surface area contributed by atoms with Gasteiger partial charge < -0.3 is 19.1 Å². The van der Waals surface area contributed by atoms with E-state index in [1.807, 2.05) is 18.2 Å². The summed E-state index contributed by atoms with van der Waals surface area (Å²) in [4.78, 5) is 14.2. The summed E-state index contributed by atoms with van der Waals surface area (Å²) in [6.45, 7) is 0.647. The second-order valence-electron chi connectivity index (χ2n) is 4.92. The van der Waals surface area contributed by atoms with Gasteiger partial charge in [-0.2, -0.15) is 0 Å². The monoisotopic (exact) mass is 330 g/mol. The normalized spacial score (nSPS) is 10.5. The maximum absolute atomic E-state index is 12.6. The molecule has 0 saturated heterocycles. The number of carbonyl (C=O) groups excluding carboxylic acids is 1. The van der Waals surface area contributed by atoms with E-state index in [9.17, 15) is 4.79 Å². The lowest BCUT2D eigenvalue weighted by Gasteiger charge is -2.21. The molecule has 3 aromatic rings. The maximum atomic E-state index is 12.6. The minimum absolute atomic E-state index is 0.286. The van der Waals surface area contributed by atoms with Gasteiger partial charge in [-0.15, -0.1) is 0 Å². The van der Waals surface area contributed by atoms with E-state index < -0.39 is 0 Å². The molecule has 0 aliphatic carbocycles. The molecule has 0 spiro atoms. The standard InChI is InChI=1S/C17H15ClN2O3/c18-15-7-1-2-8-16(15)19-17(21)20(11-13-5-3-9-22-13)12-14-6-4-10-23-14/h1-10H,11-12H2,(H,19,21). The highest BCUT2D eigenvalue weighted by molar-refractivity contribution is 6.33. The van der Waals surface area contributed by atoms with Crippen molar-refractivity contribution < 1.29 is 13.6 Å². The van der Waals surface area contributed by atoms with Crippen molar-refractivity contribution in [3.05, 3.63) is 77.6 Å². The van der Waals surface area contributed by atoms with E-state index in [0.717, 1.165) is 0 Å². The third-order valence-electron chi connectivity index (χ3n) is 3.26. The number of para-hydroxylation sites is 1. The largest absolute Gasteiger partial charge is 0.467 e. The summed E-state index contributed by atoms with van der Waals surface area (Å²) in [7, 11) is 0. The van der Waals surface area contributed by atoms with Crippen LogP contribution in [-0.2, 0) is 13.1 Å². The van der Waals surface area contributed by atoms with Crippen LogP contribution in [0.4, 0.5) is 10.5 Å². The Hall–Kier alpha value is -2.66. The number of nitrogens with zero attached hydrogens (tertiary/aromatic N) is 1. The van der Waals surface area contributed by atoms with Crippen molar-refractivity contribution in [2.75, 3.05) is 5.32 Å². The van der Waals surface area contributed by atoms with E-state index in [1.165, 1.54) is 0 Å². The highest BCUT2D eigenvalue weighted by atomic mass is 35.5. The molecule has 1 N–H and O–H groups in total. The van der Waals surface area contributed by atoms with Crippen LogP contribution in [0, 0.1) is 0 Å². The summed E-state index contributed by atoms with van der Waals surface area (Å²) in [6, 6.07) is 14.0. The van der Waals surface area contributed by atoms with Crippen LogP contribution >= 0.6 is 11.6 Å². The SMILES string of the molecule is O=C(Nc1ccccc1Cl)N(Cc1ccco1)Cc1ccco1. The fourth-order valence-electron chi connectivity index (χ4n) is 2.14. The summed E-state index contributed by atoms with van der Waals surface area (Å²) >= 11 is 6.09. The van der Waals surface area contributed by atoms with Gasteiger partial charge in [0, 0.05) is 0 Å². The summed E-state index contributed by atoms with van der Waals surface area (Å²) in [5.41, 5.74) is 0.558. The number of nitrogens with one attached hydrogen (secondary N) is 1. The summed E-state index contributed by atoms with van der Waals surface area (Å²) in [5.74, 6) is 1.37. The Kier molecular flexibility index (Phi) is 4.68. The molecule has 2 heterocycles. The summed E-state index contributed by atoms with van der Waals surface area (Å²) < 4.78 is 10.7. The zero-order chi connectivity index (χ0) is 16.1. The van der Waals surface area contributed by atoms with Gasteiger partial charge in [0.1, 0.15) is 11.5 Å². The number of amides is 2. The van der Waals surface area contributed by atoms with E-state index in [-0.39, 0.29) is 6.03 Å². The molecule has 1 aromatic carbocycles. The molecule has 0 atom stereocenters. The van der Waals surface area contributed by atoms with E-state index in [2.05, 4.69) is 5.32 Å². The van der Waals surface area contributed by atoms with Crippen LogP contribution in [0.15, 0.2) is 69.9 Å². The smallest absolute Gasteiger partial charge is 0.322 e. The van der Waals surface area contributed by atoms with Gasteiger partial charge in [0.15, 0.2) is 0 Å². The fourth-order valence-corrected chi connectivity index (χ4v) is 2.32. The van der Waals surface area contributed by atoms with Crippen LogP contribution in [0.25, 0.3) is 0 Å². The number of halogens is 1. The third-order valence-corrected chi connectivity index (χ3v) is 3.59. The first-order chi connectivity index (χ1) is 11.2. The Balaban J connectivity index is 1.76. The first-order valence-electron chi connectivity index (χ1n) is 7.07. The molecular weight excluding hydrogens is 316 g/mol. The highest BCUT2D eigenvalue weighted by Gasteiger charge is 2.18. The van der Waals surface area contributed by atoms with Gasteiger partial charge in [-0.1, -0.05) is 23.7 Å². The lowest BCUT2D eigenvalue weighted by atomic mass is 10.3. The molecule has 0 aliphatic heterocycles. The van der Waals surface area contributed by atoms with Gasteiger partial charge >= 0.3 is 6.03 Å². The minimum atomic E-state index is -0.286. The van der Waals surface area contributed by atoms with Crippen LogP contribution in [-0.4, -0.2) is 10.9 Å². The molecule has 2 amide bonds. The Morgan fingerprint density at radius 2 is 1.57 bits per heavy atom. The predicted molar refractivity (Wildman–Crippen MR) is 87.1 cm³/mol. The molecule has 23 heavy (non-hydrogen) atoms. The molecule has 0 unspecified atom stereocenters. The average molecular weight is 331 g/mol. The van der Waals surface area contributed by atoms with Crippen LogP contribution in [0.5, 0.6) is 0 Å². The number of anilines is 1. The molecule has 0 fully saturated rings. The van der Waals surface area contributed by atoms with Crippen molar-refractivity contribution in [1.29, 1.82) is 0 Å². The van der Waals surface area contributed by atoms with Gasteiger partial charge in [-0.3, -0.25) is 0 Å². The number of furan rings is 2. The number of hydrogen-bond donors (Lipinski definition) is 1. The number of carbonyl (C=O) groups is 1. The van der Waals surface area contributed by atoms with Crippen LogP contribution < -0.4 is 5.32 Å². The Morgan fingerprint density at radius 3 is 2.09 bits per heavy atom. The quantitative estimate of drug-likeness (QED) is 0.733. The number of rotatable bonds is 5. The molecule has 0 saturated carbocycles. The number of urea groups is 1. The van der Waals surface area contributed by atoms with E-state index in [1.54, 1.807) is 47.8 Å². The Morgan fingerprint density at radius 1 is 0.957 bits per heavy atom. The first kappa shape index (κ1) is 15.2. The van der Waals surface area contributed by atoms with Crippen molar-refractivity contribution >= 4 is 23.3 Å². The topological polar surface area (TPSA) is 58.6 Å². The molecule has 3 rings (SSSR count). The van der Waals surface area contributed by atoms with Crippen molar-refractivity contribution in [1.82, 2.24) is 4.90 Å². The van der Waals surface area contributed by atoms with E-state index >= 15 is 0 Å². The molecule has 0 bridgehead atoms. The number of hydrogen-bond acceptors (Lipinski definition) is 3. The molecule has 118 valence electrons. The van der Waals surface area contributed by atoms with Crippen molar-refractivity contribution in [2.24, 2.45) is 0 Å². The van der Waals surface area contributed by atoms with Crippen molar-refractivity contribution in [3.8, 4) is 0 Å². The maximum Gasteiger partial charge on any atom is 0.322 e. The third kappa shape index (κ3) is 3.96. The molecule has 6 heteroatoms. The Bertz CT molecular complexity index is 718. The fraction of sp³-hybridized carbons (Fsp3) is 0.118. The lowest BCUT2D eigenvalue weighted by Crippen LogP contribution is -2.33. The Labute approximate surface area is 138 Å². The van der Waals surface area contributed by atoms with E-state index in [0.29, 0.717) is 35.3 Å². The first-order valence-corrected chi connectivity index (χ1v) is 7.45. The molecule has 0 aliphatic rings. The summed E-state index contributed by atoms with van der Waals surface area (Å²) in [6.07, 6.45) is 3.15. The van der Waals surface area contributed by atoms with Gasteiger partial charge in [0.05, 0.1) is 36.3 Å². The predicted octanol–water partition coefficient (Wildman–Crippen LogP) is 4.76. The second kappa shape index (κ2) is 7.07. The van der Waals surface area contributed by atoms with Crippen molar-refractivity contribution in [2.45, 2.75) is 13.1 Å². The van der Waals surface area contributed by atoms with Crippen LogP contribution in [0.3, 0.4) is 0 Å². The average Bonchev–Trinajstić information content (AvgIpc) is 3.22. The molecule has 2 aromatic heterocycles. The summed E-state index contributed by atoms with van der Waals surface area (Å²) in [5, 5.41) is 3.29. The van der Waals surface area contributed by atoms with Crippen LogP contribution in [0.2, 0.25) is 5.02 Å². The molecule has 0 radical (unpaired) electrons. The van der Waals surface area contributed by atoms with Crippen LogP contribution in [0.1, 0.15) is 11.5 Å².